The van der Waals surface area contributed by atoms with E-state index >= 15 is 0 Å². The molecule has 3 aromatic carbocycles. The van der Waals surface area contributed by atoms with Gasteiger partial charge in [-0.2, -0.15) is 0 Å². The Hall–Kier alpha value is -2.42. The third-order valence-corrected chi connectivity index (χ3v) is 7.01. The molecule has 0 unspecified atom stereocenters. The van der Waals surface area contributed by atoms with E-state index in [1.807, 2.05) is 6.07 Å². The van der Waals surface area contributed by atoms with Gasteiger partial charge in [0.2, 0.25) is 0 Å². The van der Waals surface area contributed by atoms with E-state index in [1.54, 1.807) is 0 Å². The molecule has 2 heteroatoms. The van der Waals surface area contributed by atoms with Gasteiger partial charge in [0.1, 0.15) is 6.54 Å². The summed E-state index contributed by atoms with van der Waals surface area (Å²) >= 11 is 0. The molecule has 0 aliphatic carbocycles. The second-order valence-corrected chi connectivity index (χ2v) is 9.27. The van der Waals surface area contributed by atoms with Crippen LogP contribution >= 0.6 is 0 Å². The minimum Gasteiger partial charge on any atom is -0.392 e. The third-order valence-electron chi connectivity index (χ3n) is 7.01. The second kappa shape index (κ2) is 10.7. The van der Waals surface area contributed by atoms with E-state index < -0.39 is 0 Å². The molecule has 0 fully saturated rings. The lowest BCUT2D eigenvalue weighted by Gasteiger charge is -2.47. The zero-order chi connectivity index (χ0) is 22.3. The van der Waals surface area contributed by atoms with Crippen LogP contribution in [0.1, 0.15) is 62.3 Å². The number of nitrogens with zero attached hydrogens (tertiary/aromatic N) is 1. The molecule has 0 aliphatic heterocycles. The van der Waals surface area contributed by atoms with Crippen LogP contribution < -0.4 is 0 Å². The van der Waals surface area contributed by atoms with Crippen molar-refractivity contribution in [1.29, 1.82) is 0 Å². The molecule has 0 radical (unpaired) electrons. The molecule has 31 heavy (non-hydrogen) atoms. The van der Waals surface area contributed by atoms with Gasteiger partial charge in [-0.05, 0) is 44.4 Å². The topological polar surface area (TPSA) is 20.2 Å². The summed E-state index contributed by atoms with van der Waals surface area (Å²) in [5, 5.41) is 10.0. The molecule has 3 aromatic rings. The van der Waals surface area contributed by atoms with Crippen LogP contribution in [0.2, 0.25) is 0 Å². The van der Waals surface area contributed by atoms with Crippen LogP contribution in [0.5, 0.6) is 0 Å². The standard InChI is InChI=1S/C29H38NO/c1-23(2)30(24(3)4,21-25-13-7-5-8-14-25)20-19-29(26-15-9-6-10-16-26)28-18-12-11-17-27(28)22-31/h5-18,23-24,29,31H,19-22H2,1-4H3/q+1/t29-/m1/s1. The lowest BCUT2D eigenvalue weighted by Crippen LogP contribution is -2.57. The summed E-state index contributed by atoms with van der Waals surface area (Å²) < 4.78 is 1.05. The van der Waals surface area contributed by atoms with Crippen molar-refractivity contribution in [3.8, 4) is 0 Å². The lowest BCUT2D eigenvalue weighted by molar-refractivity contribution is -0.979. The maximum atomic E-state index is 10.0. The minimum absolute atomic E-state index is 0.0812. The Balaban J connectivity index is 1.97. The zero-order valence-electron chi connectivity index (χ0n) is 19.5. The number of hydrogen-bond acceptors (Lipinski definition) is 1. The van der Waals surface area contributed by atoms with Crippen molar-refractivity contribution in [2.24, 2.45) is 0 Å². The lowest BCUT2D eigenvalue weighted by atomic mass is 9.85. The number of rotatable bonds is 10. The average molecular weight is 417 g/mol. The molecule has 0 amide bonds. The van der Waals surface area contributed by atoms with Gasteiger partial charge in [0.25, 0.3) is 0 Å². The van der Waals surface area contributed by atoms with Crippen molar-refractivity contribution in [3.05, 3.63) is 107 Å². The van der Waals surface area contributed by atoms with E-state index in [2.05, 4.69) is 107 Å². The molecule has 164 valence electrons. The molecule has 0 bridgehead atoms. The highest BCUT2D eigenvalue weighted by Crippen LogP contribution is 2.34. The van der Waals surface area contributed by atoms with Crippen molar-refractivity contribution in [1.82, 2.24) is 0 Å². The summed E-state index contributed by atoms with van der Waals surface area (Å²) in [7, 11) is 0. The molecule has 0 aromatic heterocycles. The first-order valence-electron chi connectivity index (χ1n) is 11.6. The van der Waals surface area contributed by atoms with Gasteiger partial charge in [0.15, 0.2) is 0 Å². The molecule has 0 heterocycles. The smallest absolute Gasteiger partial charge is 0.105 e. The van der Waals surface area contributed by atoms with Crippen LogP contribution in [-0.2, 0) is 13.2 Å². The first-order valence-corrected chi connectivity index (χ1v) is 11.6. The monoisotopic (exact) mass is 416 g/mol. The van der Waals surface area contributed by atoms with Crippen LogP contribution in [0.15, 0.2) is 84.9 Å². The Morgan fingerprint density at radius 3 is 1.84 bits per heavy atom. The Bertz CT molecular complexity index is 910. The van der Waals surface area contributed by atoms with Crippen LogP contribution in [0.25, 0.3) is 0 Å². The largest absolute Gasteiger partial charge is 0.392 e. The van der Waals surface area contributed by atoms with Gasteiger partial charge in [-0.1, -0.05) is 84.9 Å². The van der Waals surface area contributed by atoms with Gasteiger partial charge in [-0.15, -0.1) is 0 Å². The Kier molecular flexibility index (Phi) is 8.06. The predicted molar refractivity (Wildman–Crippen MR) is 131 cm³/mol. The quantitative estimate of drug-likeness (QED) is 0.372. The van der Waals surface area contributed by atoms with Crippen LogP contribution in [0.3, 0.4) is 0 Å². The van der Waals surface area contributed by atoms with Gasteiger partial charge < -0.3 is 9.59 Å². The van der Waals surface area contributed by atoms with E-state index in [0.717, 1.165) is 29.6 Å². The summed E-state index contributed by atoms with van der Waals surface area (Å²) in [6, 6.07) is 31.1. The molecular weight excluding hydrogens is 378 g/mol. The van der Waals surface area contributed by atoms with Crippen molar-refractivity contribution in [3.63, 3.8) is 0 Å². The summed E-state index contributed by atoms with van der Waals surface area (Å²) in [5.74, 6) is 0.273. The number of quaternary nitrogens is 1. The molecule has 1 N–H and O–H groups in total. The van der Waals surface area contributed by atoms with Crippen molar-refractivity contribution in [2.75, 3.05) is 6.54 Å². The third kappa shape index (κ3) is 5.44. The van der Waals surface area contributed by atoms with Crippen molar-refractivity contribution in [2.45, 2.75) is 65.3 Å². The molecule has 0 saturated carbocycles. The fourth-order valence-electron chi connectivity index (χ4n) is 5.05. The van der Waals surface area contributed by atoms with Gasteiger partial charge in [-0.25, -0.2) is 0 Å². The molecule has 0 spiro atoms. The van der Waals surface area contributed by atoms with Gasteiger partial charge in [-0.3, -0.25) is 0 Å². The minimum atomic E-state index is 0.0812. The van der Waals surface area contributed by atoms with E-state index in [-0.39, 0.29) is 12.5 Å². The van der Waals surface area contributed by atoms with E-state index in [0.29, 0.717) is 12.1 Å². The van der Waals surface area contributed by atoms with E-state index in [4.69, 9.17) is 0 Å². The molecule has 3 rings (SSSR count). The average Bonchev–Trinajstić information content (AvgIpc) is 2.79. The Morgan fingerprint density at radius 2 is 1.26 bits per heavy atom. The number of benzene rings is 3. The highest BCUT2D eigenvalue weighted by Gasteiger charge is 2.36. The highest BCUT2D eigenvalue weighted by atomic mass is 16.3. The molecular formula is C29H38NO+. The number of aliphatic hydroxyl groups is 1. The van der Waals surface area contributed by atoms with Gasteiger partial charge >= 0.3 is 0 Å². The second-order valence-electron chi connectivity index (χ2n) is 9.27. The number of aliphatic hydroxyl groups excluding tert-OH is 1. The number of hydrogen-bond donors (Lipinski definition) is 1. The van der Waals surface area contributed by atoms with Crippen LogP contribution in [0, 0.1) is 0 Å². The van der Waals surface area contributed by atoms with Crippen molar-refractivity contribution < 1.29 is 9.59 Å². The fourth-order valence-corrected chi connectivity index (χ4v) is 5.05. The first-order chi connectivity index (χ1) is 15.0. The van der Waals surface area contributed by atoms with Crippen LogP contribution in [-0.4, -0.2) is 28.2 Å². The van der Waals surface area contributed by atoms with Crippen LogP contribution in [0.4, 0.5) is 0 Å². The van der Waals surface area contributed by atoms with E-state index in [9.17, 15) is 5.11 Å². The fraction of sp³-hybridized carbons (Fsp3) is 0.379. The first kappa shape index (κ1) is 23.2. The molecule has 0 saturated heterocycles. The van der Waals surface area contributed by atoms with Gasteiger partial charge in [0, 0.05) is 17.9 Å². The SMILES string of the molecule is CC(C)[N+](CC[C@H](c1ccccc1)c1ccccc1CO)(Cc1ccccc1)C(C)C. The highest BCUT2D eigenvalue weighted by molar-refractivity contribution is 5.37. The van der Waals surface area contributed by atoms with Crippen molar-refractivity contribution >= 4 is 0 Å². The normalized spacial score (nSPS) is 13.0. The molecule has 1 atom stereocenters. The molecule has 2 nitrogen and oxygen atoms in total. The summed E-state index contributed by atoms with van der Waals surface area (Å²) in [4.78, 5) is 0. The Labute approximate surface area is 188 Å². The molecule has 0 aliphatic rings. The summed E-state index contributed by atoms with van der Waals surface area (Å²) in [5.41, 5.74) is 5.01. The predicted octanol–water partition coefficient (Wildman–Crippen LogP) is 6.53. The van der Waals surface area contributed by atoms with E-state index in [1.165, 1.54) is 16.7 Å². The zero-order valence-corrected chi connectivity index (χ0v) is 19.5. The Morgan fingerprint density at radius 1 is 0.710 bits per heavy atom. The maximum absolute atomic E-state index is 10.0. The van der Waals surface area contributed by atoms with Gasteiger partial charge in [0.05, 0.1) is 25.2 Å². The summed E-state index contributed by atoms with van der Waals surface area (Å²) in [6.07, 6.45) is 1.05. The summed E-state index contributed by atoms with van der Waals surface area (Å²) in [6.45, 7) is 11.7. The maximum Gasteiger partial charge on any atom is 0.105 e.